The number of carbonyl (C=O) groups is 1. The van der Waals surface area contributed by atoms with Crippen LogP contribution in [0.2, 0.25) is 0 Å². The zero-order chi connectivity index (χ0) is 15.0. The van der Waals surface area contributed by atoms with Crippen LogP contribution < -0.4 is 34.3 Å². The third-order valence-electron chi connectivity index (χ3n) is 2.84. The van der Waals surface area contributed by atoms with Crippen LogP contribution in [-0.4, -0.2) is 18.9 Å². The van der Waals surface area contributed by atoms with Crippen molar-refractivity contribution in [1.82, 2.24) is 0 Å². The van der Waals surface area contributed by atoms with E-state index >= 15 is 0 Å². The molecule has 0 spiro atoms. The first kappa shape index (κ1) is 20.6. The van der Waals surface area contributed by atoms with Crippen molar-refractivity contribution in [2.24, 2.45) is 0 Å². The van der Waals surface area contributed by atoms with Gasteiger partial charge >= 0.3 is 35.5 Å². The van der Waals surface area contributed by atoms with E-state index in [1.807, 2.05) is 0 Å². The summed E-state index contributed by atoms with van der Waals surface area (Å²) in [6.45, 7) is 2.13. The van der Waals surface area contributed by atoms with Crippen molar-refractivity contribution in [3.8, 4) is 5.75 Å². The van der Waals surface area contributed by atoms with E-state index in [-0.39, 0.29) is 47.6 Å². The third kappa shape index (κ3) is 8.58. The average Bonchev–Trinajstić information content (AvgIpc) is 2.38. The number of hydrogen-bond donors (Lipinski definition) is 1. The van der Waals surface area contributed by atoms with Gasteiger partial charge in [0.15, 0.2) is 0 Å². The molecule has 0 heterocycles. The van der Waals surface area contributed by atoms with E-state index in [2.05, 4.69) is 6.92 Å². The van der Waals surface area contributed by atoms with Gasteiger partial charge in [-0.05, 0) is 30.7 Å². The van der Waals surface area contributed by atoms with E-state index in [9.17, 15) is 13.2 Å². The Morgan fingerprint density at radius 2 is 1.71 bits per heavy atom. The summed E-state index contributed by atoms with van der Waals surface area (Å²) in [6.07, 6.45) is 5.60. The summed E-state index contributed by atoms with van der Waals surface area (Å²) in [5.74, 6) is -0.0583. The number of benzene rings is 1. The molecule has 0 amide bonds. The van der Waals surface area contributed by atoms with Crippen LogP contribution in [0.3, 0.4) is 0 Å². The van der Waals surface area contributed by atoms with Gasteiger partial charge in [0.1, 0.15) is 5.75 Å². The first-order valence-electron chi connectivity index (χ1n) is 6.71. The molecule has 5 nitrogen and oxygen atoms in total. The van der Waals surface area contributed by atoms with Crippen molar-refractivity contribution >= 4 is 16.1 Å². The maximum atomic E-state index is 11.5. The molecule has 0 saturated carbocycles. The number of hydrogen-bond acceptors (Lipinski definition) is 4. The number of unbranched alkanes of at least 4 members (excludes halogenated alkanes) is 4. The molecule has 0 unspecified atom stereocenters. The fourth-order valence-electron chi connectivity index (χ4n) is 1.74. The first-order chi connectivity index (χ1) is 9.43. The summed E-state index contributed by atoms with van der Waals surface area (Å²) in [5.41, 5.74) is 0. The van der Waals surface area contributed by atoms with Gasteiger partial charge in [-0.1, -0.05) is 32.6 Å². The SMILES string of the molecule is CCCCCCCC(=O)Oc1ccc(S(=O)(=O)O)cc1.[H-].[Na+]. The summed E-state index contributed by atoms with van der Waals surface area (Å²) in [5, 5.41) is 0. The summed E-state index contributed by atoms with van der Waals surface area (Å²) in [6, 6.07) is 5.08. The largest absolute Gasteiger partial charge is 1.00 e. The standard InChI is InChI=1S/C14H20O5S.Na.H/c1-2-3-4-5-6-7-14(15)19-12-8-10-13(11-9-12)20(16,17)18;;/h8-11H,2-7H2,1H3,(H,16,17,18);;/q;+1;-1. The molecule has 0 bridgehead atoms. The molecule has 0 aliphatic carbocycles. The average molecular weight is 324 g/mol. The van der Waals surface area contributed by atoms with Gasteiger partial charge in [0.25, 0.3) is 10.1 Å². The van der Waals surface area contributed by atoms with Gasteiger partial charge in [0, 0.05) is 6.42 Å². The van der Waals surface area contributed by atoms with E-state index < -0.39 is 10.1 Å². The number of ether oxygens (including phenoxy) is 1. The maximum absolute atomic E-state index is 11.5. The number of esters is 1. The molecule has 0 aromatic heterocycles. The molecule has 114 valence electrons. The van der Waals surface area contributed by atoms with Gasteiger partial charge in [-0.2, -0.15) is 8.42 Å². The monoisotopic (exact) mass is 324 g/mol. The Morgan fingerprint density at radius 3 is 2.24 bits per heavy atom. The normalized spacial score (nSPS) is 10.8. The van der Waals surface area contributed by atoms with E-state index in [4.69, 9.17) is 9.29 Å². The fourth-order valence-corrected chi connectivity index (χ4v) is 2.22. The molecule has 0 saturated heterocycles. The van der Waals surface area contributed by atoms with E-state index in [1.165, 1.54) is 30.7 Å². The summed E-state index contributed by atoms with van der Waals surface area (Å²) >= 11 is 0. The predicted octanol–water partition coefficient (Wildman–Crippen LogP) is 0.316. The van der Waals surface area contributed by atoms with Crippen LogP contribution in [0.25, 0.3) is 0 Å². The zero-order valence-electron chi connectivity index (χ0n) is 13.5. The van der Waals surface area contributed by atoms with Gasteiger partial charge in [-0.15, -0.1) is 0 Å². The summed E-state index contributed by atoms with van der Waals surface area (Å²) in [7, 11) is -4.21. The minimum absolute atomic E-state index is 0. The quantitative estimate of drug-likeness (QED) is 0.245. The summed E-state index contributed by atoms with van der Waals surface area (Å²) < 4.78 is 35.6. The van der Waals surface area contributed by atoms with Crippen molar-refractivity contribution in [1.29, 1.82) is 0 Å². The van der Waals surface area contributed by atoms with Crippen molar-refractivity contribution in [3.05, 3.63) is 24.3 Å². The second-order valence-corrected chi connectivity index (χ2v) is 6.01. The van der Waals surface area contributed by atoms with Crippen LogP contribution in [0, 0.1) is 0 Å². The molecule has 0 aliphatic heterocycles. The molecule has 0 aliphatic rings. The summed E-state index contributed by atoms with van der Waals surface area (Å²) in [4.78, 5) is 11.3. The zero-order valence-corrected chi connectivity index (χ0v) is 15.4. The Morgan fingerprint density at radius 1 is 1.14 bits per heavy atom. The van der Waals surface area contributed by atoms with Crippen LogP contribution in [0.5, 0.6) is 5.75 Å². The molecule has 0 atom stereocenters. The molecule has 0 radical (unpaired) electrons. The molecule has 7 heteroatoms. The first-order valence-corrected chi connectivity index (χ1v) is 8.15. The topological polar surface area (TPSA) is 80.7 Å². The van der Waals surface area contributed by atoms with Gasteiger partial charge in [-0.3, -0.25) is 9.35 Å². The molecule has 1 aromatic carbocycles. The fraction of sp³-hybridized carbons (Fsp3) is 0.500. The molecule has 21 heavy (non-hydrogen) atoms. The number of rotatable bonds is 8. The molecule has 1 rings (SSSR count). The molecule has 0 fully saturated rings. The Labute approximate surface area is 149 Å². The van der Waals surface area contributed by atoms with Crippen LogP contribution >= 0.6 is 0 Å². The molecular formula is C14H21NaO5S. The minimum atomic E-state index is -4.21. The van der Waals surface area contributed by atoms with Crippen molar-refractivity contribution in [2.45, 2.75) is 50.3 Å². The smallest absolute Gasteiger partial charge is 1.00 e. The van der Waals surface area contributed by atoms with Crippen LogP contribution in [0.4, 0.5) is 0 Å². The van der Waals surface area contributed by atoms with Crippen molar-refractivity contribution in [3.63, 3.8) is 0 Å². The van der Waals surface area contributed by atoms with Gasteiger partial charge in [-0.25, -0.2) is 0 Å². The Balaban J connectivity index is 0. The van der Waals surface area contributed by atoms with Gasteiger partial charge in [0.05, 0.1) is 4.90 Å². The van der Waals surface area contributed by atoms with Crippen LogP contribution in [0.15, 0.2) is 29.2 Å². The number of carbonyl (C=O) groups excluding carboxylic acids is 1. The van der Waals surface area contributed by atoms with E-state index in [0.717, 1.165) is 25.7 Å². The van der Waals surface area contributed by atoms with Gasteiger partial charge in [0.2, 0.25) is 0 Å². The Hall–Kier alpha value is -0.400. The van der Waals surface area contributed by atoms with Gasteiger partial charge < -0.3 is 6.16 Å². The van der Waals surface area contributed by atoms with E-state index in [0.29, 0.717) is 6.42 Å². The second-order valence-electron chi connectivity index (χ2n) is 4.58. The maximum Gasteiger partial charge on any atom is 1.00 e. The van der Waals surface area contributed by atoms with Crippen molar-refractivity contribution < 1.29 is 53.5 Å². The Kier molecular flexibility index (Phi) is 10.1. The predicted molar refractivity (Wildman–Crippen MR) is 76.4 cm³/mol. The van der Waals surface area contributed by atoms with Crippen molar-refractivity contribution in [2.75, 3.05) is 0 Å². The molecule has 1 aromatic rings. The molecular weight excluding hydrogens is 303 g/mol. The Bertz CT molecular complexity index is 531. The minimum Gasteiger partial charge on any atom is -1.00 e. The second kappa shape index (κ2) is 10.3. The third-order valence-corrected chi connectivity index (χ3v) is 3.71. The van der Waals surface area contributed by atoms with Crippen LogP contribution in [-0.2, 0) is 14.9 Å². The molecule has 1 N–H and O–H groups in total. The van der Waals surface area contributed by atoms with Crippen LogP contribution in [0.1, 0.15) is 46.9 Å². The van der Waals surface area contributed by atoms with E-state index in [1.54, 1.807) is 0 Å².